The lowest BCUT2D eigenvalue weighted by Crippen LogP contribution is -2.17. The van der Waals surface area contributed by atoms with E-state index in [2.05, 4.69) is 15.5 Å². The fourth-order valence-corrected chi connectivity index (χ4v) is 2.35. The van der Waals surface area contributed by atoms with Crippen molar-refractivity contribution in [2.24, 2.45) is 5.10 Å². The van der Waals surface area contributed by atoms with Gasteiger partial charge in [-0.3, -0.25) is 9.78 Å². The lowest BCUT2D eigenvalue weighted by Gasteiger charge is -2.09. The number of nitrogens with zero attached hydrogens (tertiary/aromatic N) is 2. The topological polar surface area (TPSA) is 101 Å². The SMILES string of the molecule is O=C(O)c1ccc(COc2ccccc2/C=N/NC(=O)c2cccnc2)cc1. The van der Waals surface area contributed by atoms with Gasteiger partial charge in [-0.25, -0.2) is 10.2 Å². The Kier molecular flexibility index (Phi) is 6.10. The summed E-state index contributed by atoms with van der Waals surface area (Å²) in [7, 11) is 0. The zero-order chi connectivity index (χ0) is 19.8. The van der Waals surface area contributed by atoms with Crippen LogP contribution in [-0.4, -0.2) is 28.2 Å². The van der Waals surface area contributed by atoms with Gasteiger partial charge in [0.15, 0.2) is 0 Å². The van der Waals surface area contributed by atoms with Crippen molar-refractivity contribution in [1.29, 1.82) is 0 Å². The number of amides is 1. The molecule has 2 N–H and O–H groups in total. The highest BCUT2D eigenvalue weighted by molar-refractivity contribution is 5.94. The summed E-state index contributed by atoms with van der Waals surface area (Å²) in [5.41, 5.74) is 4.60. The molecule has 0 unspecified atom stereocenters. The largest absolute Gasteiger partial charge is 0.488 e. The van der Waals surface area contributed by atoms with Crippen molar-refractivity contribution in [2.45, 2.75) is 6.61 Å². The summed E-state index contributed by atoms with van der Waals surface area (Å²) >= 11 is 0. The Bertz CT molecular complexity index is 986. The molecule has 0 radical (unpaired) electrons. The highest BCUT2D eigenvalue weighted by Crippen LogP contribution is 2.18. The van der Waals surface area contributed by atoms with Gasteiger partial charge in [0, 0.05) is 18.0 Å². The standard InChI is InChI=1S/C21H17N3O4/c25-20(18-5-3-11-22-12-18)24-23-13-17-4-1-2-6-19(17)28-14-15-7-9-16(10-8-15)21(26)27/h1-13H,14H2,(H,24,25)(H,26,27)/b23-13+. The van der Waals surface area contributed by atoms with Gasteiger partial charge in [0.25, 0.3) is 5.91 Å². The number of carbonyl (C=O) groups is 2. The maximum absolute atomic E-state index is 12.0. The monoisotopic (exact) mass is 375 g/mol. The van der Waals surface area contributed by atoms with E-state index in [1.165, 1.54) is 24.5 Å². The molecule has 1 amide bonds. The van der Waals surface area contributed by atoms with Gasteiger partial charge in [-0.2, -0.15) is 5.10 Å². The quantitative estimate of drug-likeness (QED) is 0.488. The predicted molar refractivity (Wildman–Crippen MR) is 103 cm³/mol. The van der Waals surface area contributed by atoms with Gasteiger partial charge in [0.1, 0.15) is 12.4 Å². The molecule has 140 valence electrons. The van der Waals surface area contributed by atoms with Gasteiger partial charge in [-0.05, 0) is 42.0 Å². The van der Waals surface area contributed by atoms with Crippen molar-refractivity contribution >= 4 is 18.1 Å². The van der Waals surface area contributed by atoms with E-state index in [1.54, 1.807) is 36.5 Å². The molecule has 0 saturated carbocycles. The number of carboxylic acid groups (broad SMARTS) is 1. The fourth-order valence-electron chi connectivity index (χ4n) is 2.35. The van der Waals surface area contributed by atoms with Crippen LogP contribution in [0, 0.1) is 0 Å². The molecule has 28 heavy (non-hydrogen) atoms. The van der Waals surface area contributed by atoms with Gasteiger partial charge in [0.2, 0.25) is 0 Å². The van der Waals surface area contributed by atoms with Crippen LogP contribution in [0.2, 0.25) is 0 Å². The van der Waals surface area contributed by atoms with Gasteiger partial charge < -0.3 is 9.84 Å². The van der Waals surface area contributed by atoms with Crippen molar-refractivity contribution in [3.8, 4) is 5.75 Å². The number of benzene rings is 2. The van der Waals surface area contributed by atoms with Crippen LogP contribution in [-0.2, 0) is 6.61 Å². The number of hydrogen-bond donors (Lipinski definition) is 2. The second-order valence-electron chi connectivity index (χ2n) is 5.77. The van der Waals surface area contributed by atoms with Crippen LogP contribution in [0.1, 0.15) is 31.8 Å². The maximum Gasteiger partial charge on any atom is 0.335 e. The highest BCUT2D eigenvalue weighted by Gasteiger charge is 2.05. The molecule has 0 aliphatic carbocycles. The molecule has 3 aromatic rings. The smallest absolute Gasteiger partial charge is 0.335 e. The molecule has 3 rings (SSSR count). The molecule has 1 heterocycles. The van der Waals surface area contributed by atoms with Gasteiger partial charge >= 0.3 is 5.97 Å². The number of carboxylic acids is 1. The van der Waals surface area contributed by atoms with E-state index in [1.807, 2.05) is 18.2 Å². The first kappa shape index (κ1) is 18.8. The van der Waals surface area contributed by atoms with Crippen molar-refractivity contribution < 1.29 is 19.4 Å². The number of aromatic carboxylic acids is 1. The Hall–Kier alpha value is -4.00. The lowest BCUT2D eigenvalue weighted by molar-refractivity contribution is 0.0696. The summed E-state index contributed by atoms with van der Waals surface area (Å²) < 4.78 is 5.80. The number of carbonyl (C=O) groups excluding carboxylic acids is 1. The summed E-state index contributed by atoms with van der Waals surface area (Å²) in [5.74, 6) is -0.743. The van der Waals surface area contributed by atoms with E-state index >= 15 is 0 Å². The van der Waals surface area contributed by atoms with Crippen molar-refractivity contribution in [2.75, 3.05) is 0 Å². The Morgan fingerprint density at radius 2 is 1.82 bits per heavy atom. The first-order valence-electron chi connectivity index (χ1n) is 8.41. The molecule has 0 fully saturated rings. The fraction of sp³-hybridized carbons (Fsp3) is 0.0476. The van der Waals surface area contributed by atoms with Crippen LogP contribution >= 0.6 is 0 Å². The van der Waals surface area contributed by atoms with Crippen LogP contribution in [0.15, 0.2) is 78.2 Å². The number of aromatic nitrogens is 1. The minimum atomic E-state index is -0.970. The average Bonchev–Trinajstić information content (AvgIpc) is 2.74. The molecule has 0 aliphatic rings. The molecule has 7 heteroatoms. The molecular formula is C21H17N3O4. The number of ether oxygens (including phenoxy) is 1. The zero-order valence-corrected chi connectivity index (χ0v) is 14.8. The zero-order valence-electron chi connectivity index (χ0n) is 14.8. The third-order valence-electron chi connectivity index (χ3n) is 3.81. The number of pyridine rings is 1. The number of nitrogens with one attached hydrogen (secondary N) is 1. The second kappa shape index (κ2) is 9.09. The molecule has 7 nitrogen and oxygen atoms in total. The van der Waals surface area contributed by atoms with Crippen LogP contribution in [0.25, 0.3) is 0 Å². The van der Waals surface area contributed by atoms with Crippen LogP contribution in [0.4, 0.5) is 0 Å². The molecule has 0 aliphatic heterocycles. The van der Waals surface area contributed by atoms with E-state index in [-0.39, 0.29) is 18.1 Å². The molecular weight excluding hydrogens is 358 g/mol. The van der Waals surface area contributed by atoms with Gasteiger partial charge in [0.05, 0.1) is 17.3 Å². The highest BCUT2D eigenvalue weighted by atomic mass is 16.5. The lowest BCUT2D eigenvalue weighted by atomic mass is 10.1. The van der Waals surface area contributed by atoms with Crippen molar-refractivity contribution in [1.82, 2.24) is 10.4 Å². The molecule has 0 atom stereocenters. The third-order valence-corrected chi connectivity index (χ3v) is 3.81. The minimum Gasteiger partial charge on any atom is -0.488 e. The van der Waals surface area contributed by atoms with Crippen molar-refractivity contribution in [3.63, 3.8) is 0 Å². The summed E-state index contributed by atoms with van der Waals surface area (Å²) in [4.78, 5) is 26.8. The number of hydrogen-bond acceptors (Lipinski definition) is 5. The maximum atomic E-state index is 12.0. The van der Waals surface area contributed by atoms with Crippen LogP contribution in [0.5, 0.6) is 5.75 Å². The first-order chi connectivity index (χ1) is 13.6. The first-order valence-corrected chi connectivity index (χ1v) is 8.41. The second-order valence-corrected chi connectivity index (χ2v) is 5.77. The molecule has 1 aromatic heterocycles. The number of rotatable bonds is 7. The molecule has 0 bridgehead atoms. The Morgan fingerprint density at radius 1 is 1.04 bits per heavy atom. The third kappa shape index (κ3) is 5.01. The van der Waals surface area contributed by atoms with Crippen LogP contribution in [0.3, 0.4) is 0 Å². The summed E-state index contributed by atoms with van der Waals surface area (Å²) in [5, 5.41) is 12.9. The van der Waals surface area contributed by atoms with Gasteiger partial charge in [-0.1, -0.05) is 24.3 Å². The molecule has 2 aromatic carbocycles. The summed E-state index contributed by atoms with van der Waals surface area (Å²) in [6.07, 6.45) is 4.54. The number of hydrazone groups is 1. The Labute approximate surface area is 161 Å². The minimum absolute atomic E-state index is 0.223. The Morgan fingerprint density at radius 3 is 2.54 bits per heavy atom. The van der Waals surface area contributed by atoms with E-state index < -0.39 is 5.97 Å². The van der Waals surface area contributed by atoms with E-state index in [0.717, 1.165) is 5.56 Å². The summed E-state index contributed by atoms with van der Waals surface area (Å²) in [6, 6.07) is 17.0. The predicted octanol–water partition coefficient (Wildman–Crippen LogP) is 3.12. The normalized spacial score (nSPS) is 10.6. The van der Waals surface area contributed by atoms with Gasteiger partial charge in [-0.15, -0.1) is 0 Å². The molecule has 0 spiro atoms. The number of para-hydroxylation sites is 1. The van der Waals surface area contributed by atoms with Crippen LogP contribution < -0.4 is 10.2 Å². The molecule has 0 saturated heterocycles. The van der Waals surface area contributed by atoms with E-state index in [0.29, 0.717) is 16.9 Å². The van der Waals surface area contributed by atoms with E-state index in [9.17, 15) is 9.59 Å². The van der Waals surface area contributed by atoms with E-state index in [4.69, 9.17) is 9.84 Å². The van der Waals surface area contributed by atoms with Crippen molar-refractivity contribution in [3.05, 3.63) is 95.3 Å². The summed E-state index contributed by atoms with van der Waals surface area (Å²) in [6.45, 7) is 0.271. The average molecular weight is 375 g/mol. The Balaban J connectivity index is 1.62.